The first kappa shape index (κ1) is 50.2. The molecule has 0 aliphatic rings. The predicted molar refractivity (Wildman–Crippen MR) is 228 cm³/mol. The van der Waals surface area contributed by atoms with Crippen LogP contribution in [0.4, 0.5) is 5.69 Å². The van der Waals surface area contributed by atoms with Crippen molar-refractivity contribution in [1.29, 1.82) is 0 Å². The van der Waals surface area contributed by atoms with Crippen LogP contribution in [0.1, 0.15) is 89.3 Å². The molecule has 0 aliphatic heterocycles. The number of amides is 3. The largest absolute Gasteiger partial charge is 0.423 e. The fraction of sp³-hybridized carbons (Fsp3) is 0.267. The predicted octanol–water partition coefficient (Wildman–Crippen LogP) is 4.06. The fourth-order valence-corrected chi connectivity index (χ4v) is 6.36. The van der Waals surface area contributed by atoms with E-state index in [1.165, 1.54) is 66.7 Å². The zero-order chi connectivity index (χ0) is 48.7. The maximum absolute atomic E-state index is 13.4. The van der Waals surface area contributed by atoms with Crippen LogP contribution in [-0.4, -0.2) is 78.1 Å². The molecule has 21 nitrogen and oxygen atoms in total. The molecule has 4 aromatic rings. The van der Waals surface area contributed by atoms with Crippen LogP contribution in [0.3, 0.4) is 0 Å². The first-order valence-electron chi connectivity index (χ1n) is 19.9. The molecule has 0 aliphatic carbocycles. The Kier molecular flexibility index (Phi) is 17.7. The number of carbonyl (C=O) groups is 9. The number of ether oxygens (including phenoxy) is 6. The molecule has 0 radical (unpaired) electrons. The SMILES string of the molecule is CC(=O)Oc1cccc(C(=O)NCCc2cc(CCNC(=O)c3cccc(OC(C)=O)c3OC(C)=O)c([N+](=O)[O-])c(CCNC(=O)c3cccc(OC(C)=O)c3OC(C)=O)c2)c1OC(C)=O. The zero-order valence-corrected chi connectivity index (χ0v) is 36.5. The summed E-state index contributed by atoms with van der Waals surface area (Å²) in [6, 6.07) is 15.1. The molecule has 0 unspecified atom stereocenters. The minimum Gasteiger partial charge on any atom is -0.423 e. The molecule has 0 saturated heterocycles. The number of carbonyl (C=O) groups excluding carboxylic acids is 9. The van der Waals surface area contributed by atoms with Gasteiger partial charge >= 0.3 is 35.8 Å². The van der Waals surface area contributed by atoms with Crippen LogP contribution in [0.25, 0.3) is 0 Å². The number of hydrogen-bond donors (Lipinski definition) is 3. The minimum absolute atomic E-state index is 0.0678. The van der Waals surface area contributed by atoms with Crippen molar-refractivity contribution in [3.63, 3.8) is 0 Å². The highest BCUT2D eigenvalue weighted by molar-refractivity contribution is 6.00. The summed E-state index contributed by atoms with van der Waals surface area (Å²) in [4.78, 5) is 123. The number of nitro benzene ring substituents is 1. The Labute approximate surface area is 376 Å². The Bertz CT molecular complexity index is 2490. The van der Waals surface area contributed by atoms with Gasteiger partial charge in [-0.15, -0.1) is 0 Å². The molecule has 0 bridgehead atoms. The lowest BCUT2D eigenvalue weighted by Crippen LogP contribution is -2.28. The third kappa shape index (κ3) is 14.3. The fourth-order valence-electron chi connectivity index (χ4n) is 6.36. The number of nitrogens with one attached hydrogen (secondary N) is 3. The first-order chi connectivity index (χ1) is 31.2. The van der Waals surface area contributed by atoms with E-state index >= 15 is 0 Å². The van der Waals surface area contributed by atoms with Gasteiger partial charge in [0, 0.05) is 72.3 Å². The number of para-hydroxylation sites is 3. The Morgan fingerprint density at radius 3 is 1.02 bits per heavy atom. The molecule has 0 heterocycles. The average molecular weight is 913 g/mol. The van der Waals surface area contributed by atoms with Crippen molar-refractivity contribution < 1.29 is 76.5 Å². The molecule has 4 aromatic carbocycles. The number of esters is 6. The summed E-state index contributed by atoms with van der Waals surface area (Å²) in [7, 11) is 0. The van der Waals surface area contributed by atoms with Gasteiger partial charge in [0.2, 0.25) is 0 Å². The Morgan fingerprint density at radius 2 is 0.742 bits per heavy atom. The topological polar surface area (TPSA) is 288 Å². The van der Waals surface area contributed by atoms with E-state index in [2.05, 4.69) is 16.0 Å². The molecular weight excluding hydrogens is 869 g/mol. The highest BCUT2D eigenvalue weighted by Gasteiger charge is 2.26. The molecule has 21 heteroatoms. The number of nitro groups is 1. The summed E-state index contributed by atoms with van der Waals surface area (Å²) >= 11 is 0. The van der Waals surface area contributed by atoms with E-state index in [9.17, 15) is 53.3 Å². The number of benzene rings is 4. The quantitative estimate of drug-likeness (QED) is 0.0517. The van der Waals surface area contributed by atoms with Gasteiger partial charge in [-0.2, -0.15) is 0 Å². The summed E-state index contributed by atoms with van der Waals surface area (Å²) < 4.78 is 30.9. The van der Waals surface area contributed by atoms with Crippen molar-refractivity contribution in [3.8, 4) is 34.5 Å². The molecule has 346 valence electrons. The summed E-state index contributed by atoms with van der Waals surface area (Å²) in [5, 5.41) is 20.7. The van der Waals surface area contributed by atoms with Gasteiger partial charge in [-0.05, 0) is 73.4 Å². The average Bonchev–Trinajstić information content (AvgIpc) is 3.21. The molecule has 0 fully saturated rings. The van der Waals surface area contributed by atoms with Crippen LogP contribution in [0.2, 0.25) is 0 Å². The molecule has 0 spiro atoms. The van der Waals surface area contributed by atoms with Gasteiger partial charge in [-0.1, -0.05) is 18.2 Å². The highest BCUT2D eigenvalue weighted by atomic mass is 16.6. The van der Waals surface area contributed by atoms with E-state index < -0.39 is 58.5 Å². The van der Waals surface area contributed by atoms with Crippen LogP contribution in [-0.2, 0) is 48.0 Å². The molecule has 0 saturated carbocycles. The van der Waals surface area contributed by atoms with Gasteiger partial charge in [0.25, 0.3) is 23.4 Å². The van der Waals surface area contributed by atoms with Gasteiger partial charge in [-0.3, -0.25) is 53.3 Å². The van der Waals surface area contributed by atoms with Crippen molar-refractivity contribution in [2.45, 2.75) is 60.8 Å². The van der Waals surface area contributed by atoms with Gasteiger partial charge in [-0.25, -0.2) is 0 Å². The van der Waals surface area contributed by atoms with Crippen LogP contribution >= 0.6 is 0 Å². The van der Waals surface area contributed by atoms with Crippen LogP contribution in [0.5, 0.6) is 34.5 Å². The second-order valence-corrected chi connectivity index (χ2v) is 14.0. The summed E-state index contributed by atoms with van der Waals surface area (Å²) in [6.45, 7) is 6.13. The normalized spacial score (nSPS) is 10.4. The van der Waals surface area contributed by atoms with E-state index in [0.717, 1.165) is 41.5 Å². The van der Waals surface area contributed by atoms with Crippen molar-refractivity contribution >= 4 is 59.2 Å². The third-order valence-electron chi connectivity index (χ3n) is 8.74. The molecule has 0 aromatic heterocycles. The Balaban J connectivity index is 1.65. The maximum Gasteiger partial charge on any atom is 0.308 e. The van der Waals surface area contributed by atoms with Crippen molar-refractivity contribution in [2.75, 3.05) is 19.6 Å². The highest BCUT2D eigenvalue weighted by Crippen LogP contribution is 2.35. The van der Waals surface area contributed by atoms with Gasteiger partial charge in [0.15, 0.2) is 34.5 Å². The number of hydrogen-bond acceptors (Lipinski definition) is 17. The summed E-state index contributed by atoms with van der Waals surface area (Å²) in [6.07, 6.45) is -0.215. The monoisotopic (exact) mass is 912 g/mol. The maximum atomic E-state index is 13.4. The molecule has 3 N–H and O–H groups in total. The lowest BCUT2D eigenvalue weighted by molar-refractivity contribution is -0.386. The zero-order valence-electron chi connectivity index (χ0n) is 36.5. The standard InChI is InChI=1S/C45H44N4O17/c1-24(50)61-36-13-7-10-33(40(36)64-27(4)53)43(56)46-19-16-30-22-31(17-20-47-44(57)34-11-8-14-37(62-25(2)51)41(34)65-28(5)54)39(49(59)60)32(23-30)18-21-48-45(58)35-12-9-15-38(63-26(3)52)42(35)66-29(6)55/h7-15,22-23H,16-21H2,1-6H3,(H,46,56)(H,47,57)(H,48,58). The van der Waals surface area contributed by atoms with E-state index in [4.69, 9.17) is 28.4 Å². The number of rotatable bonds is 19. The lowest BCUT2D eigenvalue weighted by Gasteiger charge is -2.16. The molecule has 3 amide bonds. The number of nitrogens with zero attached hydrogens (tertiary/aromatic N) is 1. The summed E-state index contributed by atoms with van der Waals surface area (Å²) in [5.74, 6) is -8.41. The third-order valence-corrected chi connectivity index (χ3v) is 8.74. The Morgan fingerprint density at radius 1 is 0.455 bits per heavy atom. The van der Waals surface area contributed by atoms with E-state index in [0.29, 0.717) is 5.56 Å². The van der Waals surface area contributed by atoms with Crippen LogP contribution < -0.4 is 44.4 Å². The van der Waals surface area contributed by atoms with E-state index in [1.54, 1.807) is 0 Å². The van der Waals surface area contributed by atoms with Gasteiger partial charge in [0.05, 0.1) is 21.6 Å². The molecule has 66 heavy (non-hydrogen) atoms. The Hall–Kier alpha value is -8.49. The van der Waals surface area contributed by atoms with E-state index in [1.807, 2.05) is 0 Å². The first-order valence-corrected chi connectivity index (χ1v) is 19.9. The lowest BCUT2D eigenvalue weighted by atomic mass is 9.96. The van der Waals surface area contributed by atoms with Gasteiger partial charge < -0.3 is 44.4 Å². The molecule has 0 atom stereocenters. The van der Waals surface area contributed by atoms with E-state index in [-0.39, 0.29) is 107 Å². The molecule has 4 rings (SSSR count). The minimum atomic E-state index is -0.809. The smallest absolute Gasteiger partial charge is 0.308 e. The van der Waals surface area contributed by atoms with Crippen molar-refractivity contribution in [1.82, 2.24) is 16.0 Å². The van der Waals surface area contributed by atoms with Crippen LogP contribution in [0.15, 0.2) is 66.7 Å². The van der Waals surface area contributed by atoms with Gasteiger partial charge in [0.1, 0.15) is 0 Å². The van der Waals surface area contributed by atoms with Crippen molar-refractivity contribution in [2.24, 2.45) is 0 Å². The molecular formula is C45H44N4O17. The summed E-state index contributed by atoms with van der Waals surface area (Å²) in [5.41, 5.74) is -0.0984. The van der Waals surface area contributed by atoms with Crippen molar-refractivity contribution in [3.05, 3.63) is 110 Å². The van der Waals surface area contributed by atoms with Crippen LogP contribution in [0, 0.1) is 10.1 Å². The second kappa shape index (κ2) is 23.3. The second-order valence-electron chi connectivity index (χ2n) is 14.0.